The Hall–Kier alpha value is -0.670. The van der Waals surface area contributed by atoms with Crippen molar-refractivity contribution in [3.05, 3.63) is 58.1 Å². The molecule has 1 atom stereocenters. The Bertz CT molecular complexity index is 569. The van der Waals surface area contributed by atoms with Crippen LogP contribution in [0, 0.1) is 0 Å². The molecular formula is C16H17Cl2NS. The minimum absolute atomic E-state index is 0.138. The van der Waals surface area contributed by atoms with Crippen LogP contribution in [0.1, 0.15) is 18.9 Å². The van der Waals surface area contributed by atoms with Crippen LogP contribution < -0.4 is 5.73 Å². The van der Waals surface area contributed by atoms with Crippen molar-refractivity contribution in [3.63, 3.8) is 0 Å². The van der Waals surface area contributed by atoms with Crippen LogP contribution in [-0.2, 0) is 6.42 Å². The van der Waals surface area contributed by atoms with Gasteiger partial charge >= 0.3 is 0 Å². The summed E-state index contributed by atoms with van der Waals surface area (Å²) in [5, 5.41) is 1.53. The van der Waals surface area contributed by atoms with Crippen LogP contribution in [0.3, 0.4) is 0 Å². The highest BCUT2D eigenvalue weighted by molar-refractivity contribution is 7.99. The molecule has 0 aliphatic carbocycles. The van der Waals surface area contributed by atoms with E-state index in [1.807, 2.05) is 36.4 Å². The second-order valence-electron chi connectivity index (χ2n) is 4.64. The van der Waals surface area contributed by atoms with Crippen LogP contribution in [0.25, 0.3) is 0 Å². The molecule has 106 valence electrons. The molecule has 0 fully saturated rings. The molecule has 0 spiro atoms. The molecule has 0 saturated carbocycles. The third-order valence-corrected chi connectivity index (χ3v) is 4.82. The van der Waals surface area contributed by atoms with Crippen molar-refractivity contribution in [1.82, 2.24) is 0 Å². The Balaban J connectivity index is 2.26. The van der Waals surface area contributed by atoms with Crippen molar-refractivity contribution in [2.24, 2.45) is 5.73 Å². The highest BCUT2D eigenvalue weighted by Crippen LogP contribution is 2.35. The molecule has 20 heavy (non-hydrogen) atoms. The van der Waals surface area contributed by atoms with Crippen molar-refractivity contribution in [2.45, 2.75) is 35.6 Å². The lowest BCUT2D eigenvalue weighted by atomic mass is 10.0. The molecule has 1 nitrogen and oxygen atoms in total. The Kier molecular flexibility index (Phi) is 5.79. The van der Waals surface area contributed by atoms with Crippen LogP contribution in [0.5, 0.6) is 0 Å². The summed E-state index contributed by atoms with van der Waals surface area (Å²) in [7, 11) is 0. The number of hydrogen-bond acceptors (Lipinski definition) is 2. The van der Waals surface area contributed by atoms with Crippen molar-refractivity contribution in [2.75, 3.05) is 0 Å². The van der Waals surface area contributed by atoms with Crippen molar-refractivity contribution in [3.8, 4) is 0 Å². The summed E-state index contributed by atoms with van der Waals surface area (Å²) in [6.07, 6.45) is 1.74. The average Bonchev–Trinajstić information content (AvgIpc) is 2.45. The van der Waals surface area contributed by atoms with E-state index in [1.54, 1.807) is 11.8 Å². The molecule has 2 aromatic carbocycles. The van der Waals surface area contributed by atoms with E-state index in [2.05, 4.69) is 13.0 Å². The Morgan fingerprint density at radius 2 is 1.80 bits per heavy atom. The Morgan fingerprint density at radius 1 is 1.10 bits per heavy atom. The van der Waals surface area contributed by atoms with Gasteiger partial charge in [0.15, 0.2) is 0 Å². The summed E-state index contributed by atoms with van der Waals surface area (Å²) in [6.45, 7) is 2.09. The third kappa shape index (κ3) is 4.16. The van der Waals surface area contributed by atoms with E-state index in [9.17, 15) is 0 Å². The summed E-state index contributed by atoms with van der Waals surface area (Å²) in [5.41, 5.74) is 7.20. The van der Waals surface area contributed by atoms with E-state index >= 15 is 0 Å². The fourth-order valence-corrected chi connectivity index (χ4v) is 3.29. The first-order valence-electron chi connectivity index (χ1n) is 6.56. The predicted molar refractivity (Wildman–Crippen MR) is 89.0 cm³/mol. The molecule has 0 amide bonds. The van der Waals surface area contributed by atoms with Gasteiger partial charge in [-0.25, -0.2) is 0 Å². The highest BCUT2D eigenvalue weighted by Gasteiger charge is 2.11. The Morgan fingerprint density at radius 3 is 2.45 bits per heavy atom. The molecule has 4 heteroatoms. The zero-order valence-corrected chi connectivity index (χ0v) is 13.6. The monoisotopic (exact) mass is 325 g/mol. The van der Waals surface area contributed by atoms with E-state index in [1.165, 1.54) is 0 Å². The lowest BCUT2D eigenvalue weighted by Crippen LogP contribution is -2.21. The maximum Gasteiger partial charge on any atom is 0.0449 e. The number of rotatable bonds is 5. The molecule has 1 unspecified atom stereocenters. The molecule has 0 aliphatic rings. The van der Waals surface area contributed by atoms with E-state index in [0.29, 0.717) is 0 Å². The van der Waals surface area contributed by atoms with Gasteiger partial charge in [-0.2, -0.15) is 0 Å². The zero-order chi connectivity index (χ0) is 14.5. The van der Waals surface area contributed by atoms with Crippen LogP contribution in [-0.4, -0.2) is 6.04 Å². The summed E-state index contributed by atoms with van der Waals surface area (Å²) >= 11 is 13.9. The standard InChI is InChI=1S/C16H17Cl2NS/c1-2-12(19)10-14-15(18)4-3-5-16(14)20-13-8-6-11(17)7-9-13/h3-9,12H,2,10,19H2,1H3. The number of nitrogens with two attached hydrogens (primary N) is 1. The molecule has 2 N–H and O–H groups in total. The maximum absolute atomic E-state index is 6.33. The van der Waals surface area contributed by atoms with Gasteiger partial charge in [-0.15, -0.1) is 0 Å². The minimum atomic E-state index is 0.138. The highest BCUT2D eigenvalue weighted by atomic mass is 35.5. The van der Waals surface area contributed by atoms with Gasteiger partial charge in [-0.3, -0.25) is 0 Å². The first kappa shape index (κ1) is 15.7. The van der Waals surface area contributed by atoms with E-state index in [-0.39, 0.29) is 6.04 Å². The summed E-state index contributed by atoms with van der Waals surface area (Å²) in [6, 6.07) is 13.9. The second kappa shape index (κ2) is 7.37. The molecule has 0 radical (unpaired) electrons. The van der Waals surface area contributed by atoms with Gasteiger partial charge in [-0.1, -0.05) is 48.0 Å². The number of halogens is 2. The second-order valence-corrected chi connectivity index (χ2v) is 6.60. The van der Waals surface area contributed by atoms with Crippen molar-refractivity contribution < 1.29 is 0 Å². The van der Waals surface area contributed by atoms with Gasteiger partial charge in [0.1, 0.15) is 0 Å². The van der Waals surface area contributed by atoms with Gasteiger partial charge < -0.3 is 5.73 Å². The summed E-state index contributed by atoms with van der Waals surface area (Å²) in [5.74, 6) is 0. The normalized spacial score (nSPS) is 12.4. The SMILES string of the molecule is CCC(N)Cc1c(Cl)cccc1Sc1ccc(Cl)cc1. The predicted octanol–water partition coefficient (Wildman–Crippen LogP) is 5.42. The van der Waals surface area contributed by atoms with Gasteiger partial charge in [0.05, 0.1) is 0 Å². The first-order valence-corrected chi connectivity index (χ1v) is 8.13. The molecule has 2 aromatic rings. The van der Waals surface area contributed by atoms with Crippen molar-refractivity contribution in [1.29, 1.82) is 0 Å². The van der Waals surface area contributed by atoms with E-state index in [4.69, 9.17) is 28.9 Å². The molecular weight excluding hydrogens is 309 g/mol. The maximum atomic E-state index is 6.33. The number of benzene rings is 2. The lowest BCUT2D eigenvalue weighted by molar-refractivity contribution is 0.641. The van der Waals surface area contributed by atoms with E-state index < -0.39 is 0 Å². The Labute approximate surface area is 134 Å². The number of hydrogen-bond donors (Lipinski definition) is 1. The van der Waals surface area contributed by atoms with Crippen LogP contribution in [0.2, 0.25) is 10.0 Å². The fraction of sp³-hybridized carbons (Fsp3) is 0.250. The van der Waals surface area contributed by atoms with Gasteiger partial charge in [0.25, 0.3) is 0 Å². The van der Waals surface area contributed by atoms with Gasteiger partial charge in [0, 0.05) is 25.9 Å². The van der Waals surface area contributed by atoms with Crippen LogP contribution >= 0.6 is 35.0 Å². The smallest absolute Gasteiger partial charge is 0.0449 e. The first-order chi connectivity index (χ1) is 9.60. The fourth-order valence-electron chi connectivity index (χ4n) is 1.87. The topological polar surface area (TPSA) is 26.0 Å². The van der Waals surface area contributed by atoms with Crippen LogP contribution in [0.15, 0.2) is 52.3 Å². The minimum Gasteiger partial charge on any atom is -0.327 e. The van der Waals surface area contributed by atoms with E-state index in [0.717, 1.165) is 38.2 Å². The summed E-state index contributed by atoms with van der Waals surface area (Å²) in [4.78, 5) is 2.30. The third-order valence-electron chi connectivity index (χ3n) is 3.11. The van der Waals surface area contributed by atoms with Crippen LogP contribution in [0.4, 0.5) is 0 Å². The van der Waals surface area contributed by atoms with Crippen molar-refractivity contribution >= 4 is 35.0 Å². The quantitative estimate of drug-likeness (QED) is 0.793. The molecule has 0 saturated heterocycles. The lowest BCUT2D eigenvalue weighted by Gasteiger charge is -2.14. The zero-order valence-electron chi connectivity index (χ0n) is 11.3. The average molecular weight is 326 g/mol. The molecule has 0 bridgehead atoms. The van der Waals surface area contributed by atoms with Gasteiger partial charge in [-0.05, 0) is 54.8 Å². The summed E-state index contributed by atoms with van der Waals surface area (Å²) < 4.78 is 0. The molecule has 0 aliphatic heterocycles. The molecule has 0 aromatic heterocycles. The largest absolute Gasteiger partial charge is 0.327 e. The molecule has 2 rings (SSSR count). The molecule has 0 heterocycles. The van der Waals surface area contributed by atoms with Gasteiger partial charge in [0.2, 0.25) is 0 Å².